The Bertz CT molecular complexity index is 242. The van der Waals surface area contributed by atoms with Gasteiger partial charge in [0.15, 0.2) is 0 Å². The number of ketones is 1. The zero-order valence-electron chi connectivity index (χ0n) is 10.6. The van der Waals surface area contributed by atoms with Crippen molar-refractivity contribution in [2.24, 2.45) is 5.92 Å². The third kappa shape index (κ3) is 3.05. The van der Waals surface area contributed by atoms with Gasteiger partial charge in [-0.25, -0.2) is 0 Å². The maximum Gasteiger partial charge on any atom is 0.149 e. The molecule has 2 fully saturated rings. The zero-order chi connectivity index (χ0) is 11.5. The summed E-state index contributed by atoms with van der Waals surface area (Å²) in [4.78, 5) is 16.7. The van der Waals surface area contributed by atoms with Crippen LogP contribution in [0.3, 0.4) is 0 Å². The number of carbonyl (C=O) groups excluding carboxylic acids is 1. The van der Waals surface area contributed by atoms with Crippen molar-refractivity contribution in [3.63, 3.8) is 0 Å². The van der Waals surface area contributed by atoms with Gasteiger partial charge < -0.3 is 0 Å². The largest absolute Gasteiger partial charge is 0.298 e. The molecular weight excluding hydrogens is 200 g/mol. The maximum atomic E-state index is 11.8. The molecule has 0 amide bonds. The predicted octanol–water partition coefficient (Wildman–Crippen LogP) is 1.38. The van der Waals surface area contributed by atoms with E-state index in [-0.39, 0.29) is 5.92 Å². The van der Waals surface area contributed by atoms with E-state index in [0.29, 0.717) is 12.3 Å². The van der Waals surface area contributed by atoms with Crippen molar-refractivity contribution in [1.82, 2.24) is 9.80 Å². The molecule has 2 rings (SSSR count). The Balaban J connectivity index is 1.70. The van der Waals surface area contributed by atoms with Gasteiger partial charge in [0.1, 0.15) is 5.78 Å². The quantitative estimate of drug-likeness (QED) is 0.705. The number of hydrogen-bond donors (Lipinski definition) is 0. The first-order chi connectivity index (χ1) is 7.70. The lowest BCUT2D eigenvalue weighted by molar-refractivity contribution is -0.124. The van der Waals surface area contributed by atoms with Crippen LogP contribution < -0.4 is 0 Å². The van der Waals surface area contributed by atoms with E-state index in [4.69, 9.17) is 0 Å². The van der Waals surface area contributed by atoms with Crippen LogP contribution >= 0.6 is 0 Å². The Morgan fingerprint density at radius 3 is 2.38 bits per heavy atom. The molecule has 0 radical (unpaired) electrons. The van der Waals surface area contributed by atoms with E-state index < -0.39 is 0 Å². The second kappa shape index (κ2) is 5.28. The molecule has 1 unspecified atom stereocenters. The molecule has 1 heterocycles. The van der Waals surface area contributed by atoms with Gasteiger partial charge in [-0.2, -0.15) is 0 Å². The zero-order valence-corrected chi connectivity index (χ0v) is 10.6. The van der Waals surface area contributed by atoms with Gasteiger partial charge in [-0.1, -0.05) is 13.8 Å². The Hall–Kier alpha value is -0.410. The summed E-state index contributed by atoms with van der Waals surface area (Å²) in [5, 5.41) is 0. The predicted molar refractivity (Wildman–Crippen MR) is 65.5 cm³/mol. The molecule has 0 bridgehead atoms. The van der Waals surface area contributed by atoms with E-state index in [1.54, 1.807) is 0 Å². The first-order valence-electron chi connectivity index (χ1n) is 6.69. The van der Waals surface area contributed by atoms with Crippen LogP contribution in [0.25, 0.3) is 0 Å². The van der Waals surface area contributed by atoms with E-state index in [1.807, 2.05) is 6.92 Å². The molecule has 0 N–H and O–H groups in total. The number of rotatable bonds is 5. The minimum absolute atomic E-state index is 0.237. The van der Waals surface area contributed by atoms with Crippen molar-refractivity contribution in [3.05, 3.63) is 0 Å². The fourth-order valence-electron chi connectivity index (χ4n) is 2.33. The summed E-state index contributed by atoms with van der Waals surface area (Å²) in [7, 11) is 0. The van der Waals surface area contributed by atoms with Crippen molar-refractivity contribution in [2.75, 3.05) is 32.7 Å². The monoisotopic (exact) mass is 224 g/mol. The lowest BCUT2D eigenvalue weighted by Gasteiger charge is -2.34. The molecule has 0 aromatic heterocycles. The van der Waals surface area contributed by atoms with Crippen LogP contribution in [0, 0.1) is 5.92 Å². The van der Waals surface area contributed by atoms with Crippen molar-refractivity contribution in [1.29, 1.82) is 0 Å². The van der Waals surface area contributed by atoms with Crippen LogP contribution in [0.15, 0.2) is 0 Å². The summed E-state index contributed by atoms with van der Waals surface area (Å²) in [6, 6.07) is 0.882. The van der Waals surface area contributed by atoms with Gasteiger partial charge >= 0.3 is 0 Å². The van der Waals surface area contributed by atoms with Gasteiger partial charge in [0, 0.05) is 38.1 Å². The van der Waals surface area contributed by atoms with E-state index in [9.17, 15) is 4.79 Å². The van der Waals surface area contributed by atoms with E-state index in [0.717, 1.165) is 25.6 Å². The molecule has 16 heavy (non-hydrogen) atoms. The topological polar surface area (TPSA) is 23.6 Å². The first kappa shape index (κ1) is 12.1. The number of nitrogens with zero attached hydrogens (tertiary/aromatic N) is 2. The van der Waals surface area contributed by atoms with Crippen molar-refractivity contribution < 1.29 is 4.79 Å². The number of carbonyl (C=O) groups is 1. The molecule has 1 saturated heterocycles. The molecule has 3 heteroatoms. The maximum absolute atomic E-state index is 11.8. The summed E-state index contributed by atoms with van der Waals surface area (Å²) < 4.78 is 0. The summed E-state index contributed by atoms with van der Waals surface area (Å²) in [6.45, 7) is 9.30. The van der Waals surface area contributed by atoms with Crippen LogP contribution in [0.5, 0.6) is 0 Å². The van der Waals surface area contributed by atoms with Gasteiger partial charge in [0.2, 0.25) is 0 Å². The lowest BCUT2D eigenvalue weighted by atomic mass is 10.0. The molecule has 1 atom stereocenters. The smallest absolute Gasteiger partial charge is 0.149 e. The number of piperazine rings is 1. The minimum atomic E-state index is 0.237. The van der Waals surface area contributed by atoms with Gasteiger partial charge in [-0.15, -0.1) is 0 Å². The number of Topliss-reactive ketones (excluding diaryl/α,β-unsaturated/α-hetero) is 1. The van der Waals surface area contributed by atoms with Gasteiger partial charge in [0.25, 0.3) is 0 Å². The van der Waals surface area contributed by atoms with Gasteiger partial charge in [-0.3, -0.25) is 14.6 Å². The molecule has 0 spiro atoms. The summed E-state index contributed by atoms with van der Waals surface area (Å²) >= 11 is 0. The van der Waals surface area contributed by atoms with Crippen LogP contribution in [-0.4, -0.2) is 54.3 Å². The highest BCUT2D eigenvalue weighted by Gasteiger charge is 2.31. The lowest BCUT2D eigenvalue weighted by Crippen LogP contribution is -2.49. The minimum Gasteiger partial charge on any atom is -0.298 e. The molecule has 2 aliphatic rings. The second-order valence-corrected chi connectivity index (χ2v) is 5.32. The third-order valence-corrected chi connectivity index (χ3v) is 4.01. The third-order valence-electron chi connectivity index (χ3n) is 4.01. The normalized spacial score (nSPS) is 25.6. The fourth-order valence-corrected chi connectivity index (χ4v) is 2.33. The molecule has 92 valence electrons. The van der Waals surface area contributed by atoms with Gasteiger partial charge in [-0.05, 0) is 19.3 Å². The van der Waals surface area contributed by atoms with Crippen molar-refractivity contribution >= 4 is 5.78 Å². The Morgan fingerprint density at radius 2 is 1.88 bits per heavy atom. The summed E-state index contributed by atoms with van der Waals surface area (Å²) in [5.41, 5.74) is 0. The van der Waals surface area contributed by atoms with Crippen LogP contribution in [-0.2, 0) is 4.79 Å². The Labute approximate surface area is 98.8 Å². The standard InChI is InChI=1S/C13H24N2O/c1-3-11(2)13(16)10-14-6-8-15(9-7-14)12-4-5-12/h11-12H,3-10H2,1-2H3. The highest BCUT2D eigenvalue weighted by molar-refractivity contribution is 5.82. The molecule has 0 aromatic rings. The Morgan fingerprint density at radius 1 is 1.25 bits per heavy atom. The van der Waals surface area contributed by atoms with E-state index in [1.165, 1.54) is 25.9 Å². The molecular formula is C13H24N2O. The molecule has 0 aromatic carbocycles. The summed E-state index contributed by atoms with van der Waals surface area (Å²) in [6.07, 6.45) is 3.76. The highest BCUT2D eigenvalue weighted by atomic mass is 16.1. The van der Waals surface area contributed by atoms with E-state index >= 15 is 0 Å². The van der Waals surface area contributed by atoms with E-state index in [2.05, 4.69) is 16.7 Å². The molecule has 1 aliphatic carbocycles. The fraction of sp³-hybridized carbons (Fsp3) is 0.923. The second-order valence-electron chi connectivity index (χ2n) is 5.32. The molecule has 1 saturated carbocycles. The van der Waals surface area contributed by atoms with Crippen LogP contribution in [0.4, 0.5) is 0 Å². The van der Waals surface area contributed by atoms with Crippen molar-refractivity contribution in [2.45, 2.75) is 39.2 Å². The first-order valence-corrected chi connectivity index (χ1v) is 6.69. The van der Waals surface area contributed by atoms with Gasteiger partial charge in [0.05, 0.1) is 6.54 Å². The number of hydrogen-bond acceptors (Lipinski definition) is 3. The SMILES string of the molecule is CCC(C)C(=O)CN1CCN(C2CC2)CC1. The highest BCUT2D eigenvalue weighted by Crippen LogP contribution is 2.27. The molecule has 3 nitrogen and oxygen atoms in total. The average Bonchev–Trinajstić information content (AvgIpc) is 3.13. The Kier molecular flexibility index (Phi) is 3.98. The van der Waals surface area contributed by atoms with Crippen LogP contribution in [0.2, 0.25) is 0 Å². The average molecular weight is 224 g/mol. The molecule has 1 aliphatic heterocycles. The van der Waals surface area contributed by atoms with Crippen LogP contribution in [0.1, 0.15) is 33.1 Å². The van der Waals surface area contributed by atoms with Crippen molar-refractivity contribution in [3.8, 4) is 0 Å². The summed E-state index contributed by atoms with van der Waals surface area (Å²) in [5.74, 6) is 0.656.